The Bertz CT molecular complexity index is 1340. The minimum atomic E-state index is -4.64. The van der Waals surface area contributed by atoms with Gasteiger partial charge in [-0.25, -0.2) is 4.68 Å². The molecule has 3 fully saturated rings. The van der Waals surface area contributed by atoms with E-state index in [1.165, 1.54) is 7.05 Å². The van der Waals surface area contributed by atoms with Crippen molar-refractivity contribution in [3.8, 4) is 5.75 Å². The van der Waals surface area contributed by atoms with Crippen LogP contribution in [0.5, 0.6) is 5.75 Å². The summed E-state index contributed by atoms with van der Waals surface area (Å²) >= 11 is 6.65. The lowest BCUT2D eigenvalue weighted by Crippen LogP contribution is -2.48. The molecule has 0 bridgehead atoms. The number of aromatic nitrogens is 3. The molecule has 2 aromatic rings. The third-order valence-electron chi connectivity index (χ3n) is 9.32. The van der Waals surface area contributed by atoms with Gasteiger partial charge in [0, 0.05) is 49.6 Å². The second-order valence-corrected chi connectivity index (χ2v) is 12.4. The van der Waals surface area contributed by atoms with E-state index >= 15 is 0 Å². The minimum Gasteiger partial charge on any atom is -0.487 e. The number of hydrogen-bond acceptors (Lipinski definition) is 5. The van der Waals surface area contributed by atoms with Gasteiger partial charge >= 0.3 is 6.18 Å². The second-order valence-electron chi connectivity index (χ2n) is 12.0. The Morgan fingerprint density at radius 1 is 1.25 bits per heavy atom. The predicted octanol–water partition coefficient (Wildman–Crippen LogP) is 4.94. The van der Waals surface area contributed by atoms with Gasteiger partial charge in [0.05, 0.1) is 6.04 Å². The molecule has 216 valence electrons. The number of rotatable bonds is 6. The number of likely N-dealkylation sites (tertiary alicyclic amines) is 1. The van der Waals surface area contributed by atoms with Crippen molar-refractivity contribution in [2.45, 2.75) is 70.7 Å². The Balaban J connectivity index is 1.36. The predicted molar refractivity (Wildman–Crippen MR) is 139 cm³/mol. The van der Waals surface area contributed by atoms with Crippen molar-refractivity contribution in [1.82, 2.24) is 24.8 Å². The summed E-state index contributed by atoms with van der Waals surface area (Å²) in [7, 11) is 1.19. The molecule has 8 nitrogen and oxygen atoms in total. The van der Waals surface area contributed by atoms with Crippen molar-refractivity contribution < 1.29 is 27.5 Å². The van der Waals surface area contributed by atoms with E-state index < -0.39 is 24.5 Å². The number of aryl methyl sites for hydroxylation is 1. The van der Waals surface area contributed by atoms with E-state index in [9.17, 15) is 22.8 Å². The van der Waals surface area contributed by atoms with Gasteiger partial charge in [-0.15, -0.1) is 5.10 Å². The summed E-state index contributed by atoms with van der Waals surface area (Å²) in [5.41, 5.74) is 0.215. The molecule has 1 spiro atoms. The molecular formula is C28H33ClF3N5O3. The fourth-order valence-corrected chi connectivity index (χ4v) is 7.20. The van der Waals surface area contributed by atoms with Crippen LogP contribution < -0.4 is 4.74 Å². The quantitative estimate of drug-likeness (QED) is 0.484. The molecule has 0 N–H and O–H groups in total. The summed E-state index contributed by atoms with van der Waals surface area (Å²) in [5.74, 6) is 0.654. The van der Waals surface area contributed by atoms with Gasteiger partial charge < -0.3 is 14.5 Å². The van der Waals surface area contributed by atoms with Gasteiger partial charge in [0.15, 0.2) is 5.69 Å². The highest BCUT2D eigenvalue weighted by atomic mass is 35.5. The molecule has 4 aliphatic rings. The molecule has 3 atom stereocenters. The van der Waals surface area contributed by atoms with Gasteiger partial charge in [-0.3, -0.25) is 9.59 Å². The van der Waals surface area contributed by atoms with Crippen molar-refractivity contribution >= 4 is 23.4 Å². The first-order chi connectivity index (χ1) is 19.0. The van der Waals surface area contributed by atoms with E-state index in [1.807, 2.05) is 9.80 Å². The van der Waals surface area contributed by atoms with Crippen molar-refractivity contribution in [3.63, 3.8) is 0 Å². The smallest absolute Gasteiger partial charge is 0.435 e. The molecule has 40 heavy (non-hydrogen) atoms. The van der Waals surface area contributed by atoms with Crippen LogP contribution in [0, 0.1) is 17.3 Å². The molecule has 2 aliphatic heterocycles. The zero-order valence-corrected chi connectivity index (χ0v) is 23.4. The lowest BCUT2D eigenvalue weighted by atomic mass is 9.88. The average molecular weight is 580 g/mol. The molecule has 2 saturated carbocycles. The van der Waals surface area contributed by atoms with E-state index in [0.29, 0.717) is 53.5 Å². The van der Waals surface area contributed by atoms with E-state index in [2.05, 4.69) is 17.2 Å². The number of carbonyl (C=O) groups is 2. The normalized spacial score (nSPS) is 25.6. The van der Waals surface area contributed by atoms with Crippen LogP contribution in [0.4, 0.5) is 13.2 Å². The first-order valence-electron chi connectivity index (χ1n) is 14.0. The maximum Gasteiger partial charge on any atom is 0.435 e. The van der Waals surface area contributed by atoms with Crippen LogP contribution in [0.3, 0.4) is 0 Å². The van der Waals surface area contributed by atoms with Crippen molar-refractivity contribution in [1.29, 1.82) is 0 Å². The highest BCUT2D eigenvalue weighted by Gasteiger charge is 2.52. The van der Waals surface area contributed by atoms with E-state index in [4.69, 9.17) is 16.3 Å². The monoisotopic (exact) mass is 579 g/mol. The van der Waals surface area contributed by atoms with Crippen molar-refractivity contribution in [2.75, 3.05) is 19.6 Å². The lowest BCUT2D eigenvalue weighted by Gasteiger charge is -2.42. The highest BCUT2D eigenvalue weighted by Crippen LogP contribution is 2.54. The average Bonchev–Trinajstić information content (AvgIpc) is 3.17. The zero-order chi connectivity index (χ0) is 28.4. The summed E-state index contributed by atoms with van der Waals surface area (Å²) in [6.45, 7) is 3.07. The summed E-state index contributed by atoms with van der Waals surface area (Å²) < 4.78 is 47.7. The minimum absolute atomic E-state index is 0.0526. The molecule has 1 saturated heterocycles. The van der Waals surface area contributed by atoms with E-state index in [-0.39, 0.29) is 34.8 Å². The number of ether oxygens (including phenoxy) is 1. The molecule has 1 aromatic carbocycles. The summed E-state index contributed by atoms with van der Waals surface area (Å²) in [6, 6.07) is 2.79. The molecule has 0 radical (unpaired) electrons. The highest BCUT2D eigenvalue weighted by molar-refractivity contribution is 6.31. The Labute approximate surface area is 235 Å². The Hall–Kier alpha value is -2.82. The SMILES string of the molecule is C[C@H]1CCC[C@H]1C(=O)N1CCc2c(Cl)ccc(OCc3nnn(C)c3C(F)(F)F)c2[C@H]1CN1CC2(CC2)CC1=O. The van der Waals surface area contributed by atoms with Crippen LogP contribution in [0.2, 0.25) is 5.02 Å². The number of nitrogens with zero attached hydrogens (tertiary/aromatic N) is 5. The molecule has 1 aromatic heterocycles. The fourth-order valence-electron chi connectivity index (χ4n) is 6.94. The van der Waals surface area contributed by atoms with Gasteiger partial charge in [0.1, 0.15) is 18.1 Å². The standard InChI is InChI=1S/C28H33ClF3N5O3/c1-16-4-3-5-17(16)26(39)37-11-8-18-19(29)6-7-22(40-14-20-25(28(30,31)32)35(2)34-33-20)24(18)21(37)13-36-15-27(9-10-27)12-23(36)38/h6-7,16-17,21H,3-5,8-15H2,1-2H3/t16-,17+,21+/m0/s1. The molecule has 2 amide bonds. The van der Waals surface area contributed by atoms with Gasteiger partial charge in [0.25, 0.3) is 0 Å². The van der Waals surface area contributed by atoms with Gasteiger partial charge in [-0.2, -0.15) is 13.2 Å². The third-order valence-corrected chi connectivity index (χ3v) is 9.67. The number of amides is 2. The first-order valence-corrected chi connectivity index (χ1v) is 14.3. The Morgan fingerprint density at radius 2 is 2.02 bits per heavy atom. The number of alkyl halides is 3. The molecule has 0 unspecified atom stereocenters. The van der Waals surface area contributed by atoms with E-state index in [0.717, 1.165) is 37.7 Å². The topological polar surface area (TPSA) is 80.6 Å². The number of hydrogen-bond donors (Lipinski definition) is 0. The molecule has 12 heteroatoms. The first kappa shape index (κ1) is 27.4. The van der Waals surface area contributed by atoms with E-state index in [1.54, 1.807) is 12.1 Å². The van der Waals surface area contributed by atoms with Crippen molar-refractivity contribution in [2.24, 2.45) is 24.3 Å². The maximum atomic E-state index is 14.0. The number of carbonyl (C=O) groups excluding carboxylic acids is 2. The largest absolute Gasteiger partial charge is 0.487 e. The van der Waals surface area contributed by atoms with Crippen molar-refractivity contribution in [3.05, 3.63) is 39.7 Å². The molecule has 6 rings (SSSR count). The summed E-state index contributed by atoms with van der Waals surface area (Å²) in [6.07, 6.45) is 1.25. The van der Waals surface area contributed by atoms with Crippen LogP contribution in [-0.4, -0.2) is 56.2 Å². The lowest BCUT2D eigenvalue weighted by molar-refractivity contribution is -0.144. The Kier molecular flexibility index (Phi) is 6.79. The number of benzene rings is 1. The van der Waals surface area contributed by atoms with Crippen LogP contribution in [-0.2, 0) is 35.8 Å². The van der Waals surface area contributed by atoms with Gasteiger partial charge in [0.2, 0.25) is 11.8 Å². The zero-order valence-electron chi connectivity index (χ0n) is 22.6. The second kappa shape index (κ2) is 9.92. The maximum absolute atomic E-state index is 14.0. The van der Waals surface area contributed by atoms with Crippen LogP contribution in [0.25, 0.3) is 0 Å². The summed E-state index contributed by atoms with van der Waals surface area (Å²) in [4.78, 5) is 30.7. The number of fused-ring (bicyclic) bond motifs is 1. The summed E-state index contributed by atoms with van der Waals surface area (Å²) in [5, 5.41) is 7.74. The molecule has 3 heterocycles. The molecule has 2 aliphatic carbocycles. The fraction of sp³-hybridized carbons (Fsp3) is 0.643. The van der Waals surface area contributed by atoms with Crippen LogP contribution in [0.1, 0.15) is 74.0 Å². The van der Waals surface area contributed by atoms with Crippen LogP contribution >= 0.6 is 11.6 Å². The Morgan fingerprint density at radius 3 is 2.67 bits per heavy atom. The number of halogens is 4. The third kappa shape index (κ3) is 4.84. The molecular weight excluding hydrogens is 547 g/mol. The van der Waals surface area contributed by atoms with Gasteiger partial charge in [-0.1, -0.05) is 30.2 Å². The van der Waals surface area contributed by atoms with Crippen LogP contribution in [0.15, 0.2) is 12.1 Å². The van der Waals surface area contributed by atoms with Gasteiger partial charge in [-0.05, 0) is 61.1 Å².